The largest absolute Gasteiger partial charge is 0.302 e. The molecule has 0 saturated carbocycles. The Morgan fingerprint density at radius 1 is 0.950 bits per heavy atom. The van der Waals surface area contributed by atoms with Gasteiger partial charge in [0.1, 0.15) is 5.38 Å². The van der Waals surface area contributed by atoms with Gasteiger partial charge in [-0.25, -0.2) is 0 Å². The van der Waals surface area contributed by atoms with E-state index >= 15 is 0 Å². The molecule has 3 rings (SSSR count). The maximum Gasteiger partial charge on any atom is 0.248 e. The van der Waals surface area contributed by atoms with Crippen LogP contribution in [0.4, 0.5) is 5.69 Å². The first kappa shape index (κ1) is 12.9. The number of β-lactam (4-membered cyclic amide) rings is 1. The molecule has 1 aliphatic heterocycles. The van der Waals surface area contributed by atoms with Gasteiger partial charge in [0.15, 0.2) is 0 Å². The average molecular weight is 284 g/mol. The topological polar surface area (TPSA) is 20.3 Å². The highest BCUT2D eigenvalue weighted by Crippen LogP contribution is 2.32. The highest BCUT2D eigenvalue weighted by Gasteiger charge is 2.45. The van der Waals surface area contributed by atoms with E-state index in [1.54, 1.807) is 4.90 Å². The third kappa shape index (κ3) is 2.35. The average Bonchev–Trinajstić information content (AvgIpc) is 2.52. The van der Waals surface area contributed by atoms with Crippen LogP contribution in [0.15, 0.2) is 66.7 Å². The summed E-state index contributed by atoms with van der Waals surface area (Å²) in [5.74, 6) is -0.0411. The normalized spacial score (nSPS) is 22.1. The van der Waals surface area contributed by atoms with Crippen molar-refractivity contribution in [3.05, 3.63) is 72.3 Å². The van der Waals surface area contributed by atoms with Crippen LogP contribution < -0.4 is 4.90 Å². The molecule has 0 radical (unpaired) electrons. The van der Waals surface area contributed by atoms with Crippen molar-refractivity contribution in [3.8, 4) is 0 Å². The highest BCUT2D eigenvalue weighted by molar-refractivity contribution is 6.37. The molecule has 0 aliphatic carbocycles. The molecule has 1 amide bonds. The van der Waals surface area contributed by atoms with Gasteiger partial charge >= 0.3 is 0 Å². The van der Waals surface area contributed by atoms with Crippen LogP contribution in [0.2, 0.25) is 0 Å². The van der Waals surface area contributed by atoms with Gasteiger partial charge in [0.25, 0.3) is 0 Å². The smallest absolute Gasteiger partial charge is 0.248 e. The standard InChI is InChI=1S/C17H14ClNO/c18-16-15(12-11-13-7-3-1-4-8-13)19(17(16)20)14-9-5-2-6-10-14/h1-12,15-16H/b12-11+/t15-,16+/m1/s1. The van der Waals surface area contributed by atoms with Crippen molar-refractivity contribution in [1.82, 2.24) is 0 Å². The van der Waals surface area contributed by atoms with Crippen molar-refractivity contribution < 1.29 is 4.79 Å². The second-order valence-corrected chi connectivity index (χ2v) is 5.18. The van der Waals surface area contributed by atoms with Gasteiger partial charge < -0.3 is 4.90 Å². The van der Waals surface area contributed by atoms with Crippen LogP contribution in [0.25, 0.3) is 6.08 Å². The van der Waals surface area contributed by atoms with Crippen LogP contribution in [0.3, 0.4) is 0 Å². The zero-order chi connectivity index (χ0) is 13.9. The molecule has 0 unspecified atom stereocenters. The summed E-state index contributed by atoms with van der Waals surface area (Å²) in [6.45, 7) is 0. The van der Waals surface area contributed by atoms with Crippen LogP contribution in [-0.2, 0) is 4.79 Å². The molecule has 0 bridgehead atoms. The first-order valence-electron chi connectivity index (χ1n) is 6.53. The number of benzene rings is 2. The zero-order valence-corrected chi connectivity index (χ0v) is 11.6. The number of carbonyl (C=O) groups excluding carboxylic acids is 1. The van der Waals surface area contributed by atoms with E-state index in [-0.39, 0.29) is 11.9 Å². The van der Waals surface area contributed by atoms with Crippen LogP contribution in [-0.4, -0.2) is 17.3 Å². The van der Waals surface area contributed by atoms with Crippen LogP contribution >= 0.6 is 11.6 Å². The van der Waals surface area contributed by atoms with Crippen LogP contribution in [0.5, 0.6) is 0 Å². The third-order valence-electron chi connectivity index (χ3n) is 3.39. The minimum atomic E-state index is -0.477. The molecule has 2 aromatic carbocycles. The fraction of sp³-hybridized carbons (Fsp3) is 0.118. The van der Waals surface area contributed by atoms with Crippen LogP contribution in [0, 0.1) is 0 Å². The van der Waals surface area contributed by atoms with Gasteiger partial charge in [0.2, 0.25) is 5.91 Å². The molecule has 20 heavy (non-hydrogen) atoms. The Hall–Kier alpha value is -2.06. The lowest BCUT2D eigenvalue weighted by Crippen LogP contribution is -2.61. The Morgan fingerprint density at radius 3 is 2.20 bits per heavy atom. The number of para-hydroxylation sites is 1. The van der Waals surface area contributed by atoms with E-state index in [0.29, 0.717) is 0 Å². The molecular weight excluding hydrogens is 270 g/mol. The summed E-state index contributed by atoms with van der Waals surface area (Å²) in [4.78, 5) is 13.7. The number of anilines is 1. The van der Waals surface area contributed by atoms with E-state index in [0.717, 1.165) is 11.3 Å². The van der Waals surface area contributed by atoms with Gasteiger partial charge in [-0.1, -0.05) is 60.7 Å². The maximum atomic E-state index is 11.9. The van der Waals surface area contributed by atoms with Crippen molar-refractivity contribution in [3.63, 3.8) is 0 Å². The summed E-state index contributed by atoms with van der Waals surface area (Å²) >= 11 is 6.13. The summed E-state index contributed by atoms with van der Waals surface area (Å²) in [5, 5.41) is -0.477. The minimum absolute atomic E-state index is 0.0411. The van der Waals surface area contributed by atoms with E-state index in [4.69, 9.17) is 11.6 Å². The number of rotatable bonds is 3. The molecule has 1 saturated heterocycles. The SMILES string of the molecule is O=C1[C@@H](Cl)[C@@H](/C=C/c2ccccc2)N1c1ccccc1. The maximum absolute atomic E-state index is 11.9. The van der Waals surface area contributed by atoms with E-state index in [9.17, 15) is 4.79 Å². The van der Waals surface area contributed by atoms with E-state index < -0.39 is 5.38 Å². The van der Waals surface area contributed by atoms with Crippen molar-refractivity contribution in [1.29, 1.82) is 0 Å². The van der Waals surface area contributed by atoms with Crippen molar-refractivity contribution in [2.24, 2.45) is 0 Å². The third-order valence-corrected chi connectivity index (χ3v) is 3.84. The van der Waals surface area contributed by atoms with Gasteiger partial charge in [-0.3, -0.25) is 4.79 Å². The minimum Gasteiger partial charge on any atom is -0.302 e. The number of hydrogen-bond acceptors (Lipinski definition) is 1. The number of nitrogens with zero attached hydrogens (tertiary/aromatic N) is 1. The fourth-order valence-electron chi connectivity index (χ4n) is 2.32. The Balaban J connectivity index is 1.82. The van der Waals surface area contributed by atoms with E-state index in [1.807, 2.05) is 72.8 Å². The quantitative estimate of drug-likeness (QED) is 0.621. The summed E-state index contributed by atoms with van der Waals surface area (Å²) < 4.78 is 0. The van der Waals surface area contributed by atoms with Gasteiger partial charge in [0, 0.05) is 5.69 Å². The molecule has 2 nitrogen and oxygen atoms in total. The number of hydrogen-bond donors (Lipinski definition) is 0. The molecule has 100 valence electrons. The number of carbonyl (C=O) groups is 1. The predicted molar refractivity (Wildman–Crippen MR) is 82.8 cm³/mol. The molecule has 3 heteroatoms. The fourth-order valence-corrected chi connectivity index (χ4v) is 2.62. The summed E-state index contributed by atoms with van der Waals surface area (Å²) in [5.41, 5.74) is 1.99. The predicted octanol–water partition coefficient (Wildman–Crippen LogP) is 3.72. The Labute approximate surface area is 123 Å². The molecule has 2 aromatic rings. The lowest BCUT2D eigenvalue weighted by atomic mass is 9.98. The Kier molecular flexibility index (Phi) is 3.57. The lowest BCUT2D eigenvalue weighted by Gasteiger charge is -2.42. The molecule has 1 aliphatic rings. The number of alkyl halides is 1. The summed E-state index contributed by atoms with van der Waals surface area (Å²) in [7, 11) is 0. The van der Waals surface area contributed by atoms with E-state index in [2.05, 4.69) is 0 Å². The van der Waals surface area contributed by atoms with Crippen molar-refractivity contribution >= 4 is 29.3 Å². The van der Waals surface area contributed by atoms with Gasteiger partial charge in [-0.05, 0) is 17.7 Å². The second kappa shape index (κ2) is 5.51. The zero-order valence-electron chi connectivity index (χ0n) is 10.8. The second-order valence-electron chi connectivity index (χ2n) is 4.71. The van der Waals surface area contributed by atoms with Gasteiger partial charge in [-0.2, -0.15) is 0 Å². The number of halogens is 1. The first-order chi connectivity index (χ1) is 9.77. The van der Waals surface area contributed by atoms with Crippen molar-refractivity contribution in [2.45, 2.75) is 11.4 Å². The molecule has 0 aromatic heterocycles. The van der Waals surface area contributed by atoms with Crippen LogP contribution in [0.1, 0.15) is 5.56 Å². The molecule has 0 N–H and O–H groups in total. The molecular formula is C17H14ClNO. The van der Waals surface area contributed by atoms with Crippen molar-refractivity contribution in [2.75, 3.05) is 4.90 Å². The van der Waals surface area contributed by atoms with Gasteiger partial charge in [0.05, 0.1) is 6.04 Å². The number of amides is 1. The van der Waals surface area contributed by atoms with Gasteiger partial charge in [-0.15, -0.1) is 11.6 Å². The molecule has 1 heterocycles. The molecule has 1 fully saturated rings. The monoisotopic (exact) mass is 283 g/mol. The lowest BCUT2D eigenvalue weighted by molar-refractivity contribution is -0.122. The summed E-state index contributed by atoms with van der Waals surface area (Å²) in [6.07, 6.45) is 3.99. The first-order valence-corrected chi connectivity index (χ1v) is 6.96. The Bertz CT molecular complexity index is 624. The highest BCUT2D eigenvalue weighted by atomic mass is 35.5. The molecule has 0 spiro atoms. The summed E-state index contributed by atoms with van der Waals surface area (Å²) in [6, 6.07) is 19.5. The van der Waals surface area contributed by atoms with E-state index in [1.165, 1.54) is 0 Å². The molecule has 2 atom stereocenters. The Morgan fingerprint density at radius 2 is 1.55 bits per heavy atom.